The molecule has 0 aliphatic carbocycles. The zero-order valence-electron chi connectivity index (χ0n) is 8.96. The van der Waals surface area contributed by atoms with E-state index in [1.807, 2.05) is 6.07 Å². The lowest BCUT2D eigenvalue weighted by atomic mass is 9.89. The van der Waals surface area contributed by atoms with Gasteiger partial charge in [-0.05, 0) is 36.6 Å². The van der Waals surface area contributed by atoms with Crippen molar-refractivity contribution in [3.05, 3.63) is 32.7 Å². The first kappa shape index (κ1) is 12.6. The molecule has 4 heteroatoms. The molecular weight excluding hydrogens is 334 g/mol. The summed E-state index contributed by atoms with van der Waals surface area (Å²) in [7, 11) is 0. The predicted octanol–water partition coefficient (Wildman–Crippen LogP) is 3.64. The third kappa shape index (κ3) is 3.06. The number of hydrogen-bond acceptors (Lipinski definition) is 2. The first-order valence-electron chi connectivity index (χ1n) is 5.46. The van der Waals surface area contributed by atoms with Crippen molar-refractivity contribution in [1.29, 1.82) is 0 Å². The fourth-order valence-electron chi connectivity index (χ4n) is 2.09. The summed E-state index contributed by atoms with van der Waals surface area (Å²) in [5, 5.41) is 0. The molecule has 1 aromatic carbocycles. The fraction of sp³-hybridized carbons (Fsp3) is 0.500. The van der Waals surface area contributed by atoms with E-state index in [4.69, 9.17) is 10.5 Å². The lowest BCUT2D eigenvalue weighted by Gasteiger charge is -2.28. The number of hydrogen-bond donors (Lipinski definition) is 1. The van der Waals surface area contributed by atoms with E-state index in [-0.39, 0.29) is 6.04 Å². The SMILES string of the molecule is NC(c1cc(Br)cc(Br)c1)C1CCCOC1. The lowest BCUT2D eigenvalue weighted by Crippen LogP contribution is -2.29. The van der Waals surface area contributed by atoms with Gasteiger partial charge in [0.2, 0.25) is 0 Å². The Morgan fingerprint density at radius 1 is 1.25 bits per heavy atom. The molecule has 0 amide bonds. The highest BCUT2D eigenvalue weighted by molar-refractivity contribution is 9.11. The molecule has 1 aliphatic rings. The van der Waals surface area contributed by atoms with E-state index in [1.54, 1.807) is 0 Å². The van der Waals surface area contributed by atoms with E-state index < -0.39 is 0 Å². The maximum absolute atomic E-state index is 6.29. The van der Waals surface area contributed by atoms with Gasteiger partial charge in [-0.1, -0.05) is 31.9 Å². The number of nitrogens with two attached hydrogens (primary N) is 1. The Morgan fingerprint density at radius 2 is 1.94 bits per heavy atom. The molecule has 0 spiro atoms. The molecule has 0 aromatic heterocycles. The van der Waals surface area contributed by atoms with E-state index >= 15 is 0 Å². The first-order chi connectivity index (χ1) is 7.66. The molecule has 2 N–H and O–H groups in total. The molecule has 2 atom stereocenters. The Balaban J connectivity index is 2.15. The fourth-order valence-corrected chi connectivity index (χ4v) is 3.42. The number of benzene rings is 1. The Bertz CT molecular complexity index is 344. The normalized spacial score (nSPS) is 23.1. The third-order valence-corrected chi connectivity index (χ3v) is 3.89. The minimum atomic E-state index is 0.0640. The van der Waals surface area contributed by atoms with Crippen molar-refractivity contribution in [2.24, 2.45) is 11.7 Å². The summed E-state index contributed by atoms with van der Waals surface area (Å²) in [6, 6.07) is 6.26. The highest BCUT2D eigenvalue weighted by Gasteiger charge is 2.22. The van der Waals surface area contributed by atoms with Gasteiger partial charge >= 0.3 is 0 Å². The molecule has 2 nitrogen and oxygen atoms in total. The van der Waals surface area contributed by atoms with E-state index in [9.17, 15) is 0 Å². The summed E-state index contributed by atoms with van der Waals surface area (Å²) in [6.07, 6.45) is 2.28. The molecule has 1 saturated heterocycles. The predicted molar refractivity (Wildman–Crippen MR) is 72.3 cm³/mol. The third-order valence-electron chi connectivity index (χ3n) is 2.97. The van der Waals surface area contributed by atoms with Crippen LogP contribution in [0.3, 0.4) is 0 Å². The van der Waals surface area contributed by atoms with Gasteiger partial charge < -0.3 is 10.5 Å². The quantitative estimate of drug-likeness (QED) is 0.885. The first-order valence-corrected chi connectivity index (χ1v) is 7.05. The van der Waals surface area contributed by atoms with Gasteiger partial charge in [0.25, 0.3) is 0 Å². The van der Waals surface area contributed by atoms with E-state index in [0.717, 1.165) is 40.6 Å². The molecule has 2 unspecified atom stereocenters. The molecule has 1 fully saturated rings. The zero-order valence-corrected chi connectivity index (χ0v) is 12.1. The second-order valence-electron chi connectivity index (χ2n) is 4.21. The van der Waals surface area contributed by atoms with Gasteiger partial charge in [0.05, 0.1) is 6.61 Å². The van der Waals surface area contributed by atoms with Crippen molar-refractivity contribution in [2.75, 3.05) is 13.2 Å². The summed E-state index contributed by atoms with van der Waals surface area (Å²) >= 11 is 6.98. The summed E-state index contributed by atoms with van der Waals surface area (Å²) in [4.78, 5) is 0. The highest BCUT2D eigenvalue weighted by atomic mass is 79.9. The Hall–Kier alpha value is 0.1000. The van der Waals surface area contributed by atoms with Crippen LogP contribution in [0.15, 0.2) is 27.1 Å². The van der Waals surface area contributed by atoms with Crippen LogP contribution < -0.4 is 5.73 Å². The molecule has 0 radical (unpaired) electrons. The molecule has 0 saturated carbocycles. The number of rotatable bonds is 2. The van der Waals surface area contributed by atoms with Crippen molar-refractivity contribution in [1.82, 2.24) is 0 Å². The van der Waals surface area contributed by atoms with Crippen LogP contribution in [-0.2, 0) is 4.74 Å². The average molecular weight is 349 g/mol. The van der Waals surface area contributed by atoms with Crippen LogP contribution >= 0.6 is 31.9 Å². The van der Waals surface area contributed by atoms with Gasteiger partial charge in [-0.25, -0.2) is 0 Å². The monoisotopic (exact) mass is 347 g/mol. The van der Waals surface area contributed by atoms with Crippen LogP contribution in [-0.4, -0.2) is 13.2 Å². The van der Waals surface area contributed by atoms with Crippen molar-refractivity contribution >= 4 is 31.9 Å². The Kier molecular flexibility index (Phi) is 4.41. The topological polar surface area (TPSA) is 35.2 Å². The Labute approximate surface area is 113 Å². The minimum absolute atomic E-state index is 0.0640. The van der Waals surface area contributed by atoms with E-state index in [2.05, 4.69) is 44.0 Å². The molecule has 1 heterocycles. The van der Waals surface area contributed by atoms with Crippen LogP contribution in [0.2, 0.25) is 0 Å². The number of halogens is 2. The molecule has 0 bridgehead atoms. The van der Waals surface area contributed by atoms with Gasteiger partial charge in [0, 0.05) is 27.5 Å². The van der Waals surface area contributed by atoms with E-state index in [0.29, 0.717) is 5.92 Å². The van der Waals surface area contributed by atoms with E-state index in [1.165, 1.54) is 0 Å². The summed E-state index contributed by atoms with van der Waals surface area (Å²) in [5.41, 5.74) is 7.45. The molecule has 2 rings (SSSR count). The molecule has 88 valence electrons. The second-order valence-corrected chi connectivity index (χ2v) is 6.04. The molecule has 1 aliphatic heterocycles. The molecule has 1 aromatic rings. The molecule has 16 heavy (non-hydrogen) atoms. The standard InChI is InChI=1S/C12H15Br2NO/c13-10-4-9(5-11(14)6-10)12(15)8-2-1-3-16-7-8/h4-6,8,12H,1-3,7,15H2. The number of ether oxygens (including phenoxy) is 1. The van der Waals surface area contributed by atoms with Crippen LogP contribution in [0.5, 0.6) is 0 Å². The highest BCUT2D eigenvalue weighted by Crippen LogP contribution is 2.30. The minimum Gasteiger partial charge on any atom is -0.381 e. The van der Waals surface area contributed by atoms with Gasteiger partial charge in [-0.3, -0.25) is 0 Å². The van der Waals surface area contributed by atoms with Gasteiger partial charge in [0.1, 0.15) is 0 Å². The van der Waals surface area contributed by atoms with Crippen LogP contribution in [0.1, 0.15) is 24.4 Å². The summed E-state index contributed by atoms with van der Waals surface area (Å²) in [6.45, 7) is 1.66. The Morgan fingerprint density at radius 3 is 2.50 bits per heavy atom. The van der Waals surface area contributed by atoms with Crippen molar-refractivity contribution in [2.45, 2.75) is 18.9 Å². The smallest absolute Gasteiger partial charge is 0.0512 e. The van der Waals surface area contributed by atoms with Gasteiger partial charge in [0.15, 0.2) is 0 Å². The van der Waals surface area contributed by atoms with Crippen molar-refractivity contribution in [3.8, 4) is 0 Å². The largest absolute Gasteiger partial charge is 0.381 e. The second kappa shape index (κ2) is 5.63. The maximum Gasteiger partial charge on any atom is 0.0512 e. The van der Waals surface area contributed by atoms with Gasteiger partial charge in [-0.2, -0.15) is 0 Å². The summed E-state index contributed by atoms with van der Waals surface area (Å²) in [5.74, 6) is 0.440. The average Bonchev–Trinajstić information content (AvgIpc) is 2.28. The van der Waals surface area contributed by atoms with Crippen LogP contribution in [0.25, 0.3) is 0 Å². The van der Waals surface area contributed by atoms with Crippen LogP contribution in [0.4, 0.5) is 0 Å². The lowest BCUT2D eigenvalue weighted by molar-refractivity contribution is 0.0447. The van der Waals surface area contributed by atoms with Crippen LogP contribution in [0, 0.1) is 5.92 Å². The zero-order chi connectivity index (χ0) is 11.5. The molecular formula is C12H15Br2NO. The van der Waals surface area contributed by atoms with Gasteiger partial charge in [-0.15, -0.1) is 0 Å². The maximum atomic E-state index is 6.29. The van der Waals surface area contributed by atoms with Crippen molar-refractivity contribution < 1.29 is 4.74 Å². The van der Waals surface area contributed by atoms with Crippen molar-refractivity contribution in [3.63, 3.8) is 0 Å². The summed E-state index contributed by atoms with van der Waals surface area (Å²) < 4.78 is 7.60.